The Morgan fingerprint density at radius 3 is 2.93 bits per heavy atom. The number of amides is 1. The van der Waals surface area contributed by atoms with E-state index in [1.54, 1.807) is 35.1 Å². The fourth-order valence-electron chi connectivity index (χ4n) is 2.95. The largest absolute Gasteiger partial charge is 0.394 e. The predicted molar refractivity (Wildman–Crippen MR) is 97.4 cm³/mol. The number of carbonyl (C=O) groups is 1. The van der Waals surface area contributed by atoms with Crippen LogP contribution in [0.2, 0.25) is 0 Å². The fourth-order valence-corrected chi connectivity index (χ4v) is 2.95. The summed E-state index contributed by atoms with van der Waals surface area (Å²) in [6.45, 7) is -0.246. The third-order valence-corrected chi connectivity index (χ3v) is 4.48. The molecule has 0 atom stereocenters. The average Bonchev–Trinajstić information content (AvgIpc) is 3.40. The highest BCUT2D eigenvalue weighted by atomic mass is 19.1. The molecule has 7 nitrogen and oxygen atoms in total. The fraction of sp³-hybridized carbons (Fsp3) is 0.263. The molecular weight excluding hydrogens is 351 g/mol. The monoisotopic (exact) mass is 370 g/mol. The number of halogens is 1. The van der Waals surface area contributed by atoms with E-state index < -0.39 is 5.91 Å². The molecule has 8 heteroatoms. The van der Waals surface area contributed by atoms with Crippen LogP contribution in [0.25, 0.3) is 5.52 Å². The number of aromatic nitrogens is 2. The van der Waals surface area contributed by atoms with E-state index >= 15 is 0 Å². The lowest BCUT2D eigenvalue weighted by atomic mass is 10.1. The molecule has 1 fully saturated rings. The summed E-state index contributed by atoms with van der Waals surface area (Å²) in [6.07, 6.45) is 5.37. The van der Waals surface area contributed by atoms with Crippen LogP contribution in [0.15, 0.2) is 42.9 Å². The predicted octanol–water partition coefficient (Wildman–Crippen LogP) is 2.75. The van der Waals surface area contributed by atoms with Gasteiger partial charge in [0.25, 0.3) is 5.91 Å². The standard InChI is InChI=1S/C19H19FN4O3/c20-16-9-13(12-1-2-12)3-6-17(16)22-18-15(19(26)23-27-8-7-25)5-4-14-10-21-11-24(14)18/h3-6,9-12,22,25H,1-2,7-8H2,(H,23,26). The van der Waals surface area contributed by atoms with Gasteiger partial charge in [0.15, 0.2) is 0 Å². The van der Waals surface area contributed by atoms with Gasteiger partial charge in [-0.25, -0.2) is 14.9 Å². The van der Waals surface area contributed by atoms with Gasteiger partial charge in [0, 0.05) is 0 Å². The van der Waals surface area contributed by atoms with Crippen molar-refractivity contribution in [3.05, 3.63) is 59.8 Å². The molecule has 3 N–H and O–H groups in total. The molecule has 1 aliphatic carbocycles. The van der Waals surface area contributed by atoms with Crippen LogP contribution in [-0.2, 0) is 4.84 Å². The summed E-state index contributed by atoms with van der Waals surface area (Å²) in [6, 6.07) is 8.46. The van der Waals surface area contributed by atoms with Gasteiger partial charge in [-0.3, -0.25) is 14.0 Å². The molecule has 4 rings (SSSR count). The highest BCUT2D eigenvalue weighted by molar-refractivity contribution is 5.99. The number of fused-ring (bicyclic) bond motifs is 1. The molecular formula is C19H19FN4O3. The highest BCUT2D eigenvalue weighted by Gasteiger charge is 2.24. The number of carbonyl (C=O) groups excluding carboxylic acids is 1. The van der Waals surface area contributed by atoms with E-state index in [4.69, 9.17) is 9.94 Å². The van der Waals surface area contributed by atoms with Crippen LogP contribution in [0.4, 0.5) is 15.9 Å². The molecule has 1 aliphatic rings. The molecule has 0 radical (unpaired) electrons. The van der Waals surface area contributed by atoms with Crippen molar-refractivity contribution in [1.29, 1.82) is 0 Å². The van der Waals surface area contributed by atoms with E-state index in [9.17, 15) is 9.18 Å². The van der Waals surface area contributed by atoms with Crippen molar-refractivity contribution in [1.82, 2.24) is 14.9 Å². The van der Waals surface area contributed by atoms with E-state index in [1.807, 2.05) is 6.07 Å². The minimum atomic E-state index is -0.517. The van der Waals surface area contributed by atoms with Crippen molar-refractivity contribution in [2.24, 2.45) is 0 Å². The number of aliphatic hydroxyl groups excluding tert-OH is 1. The van der Waals surface area contributed by atoms with Crippen molar-refractivity contribution in [2.75, 3.05) is 18.5 Å². The summed E-state index contributed by atoms with van der Waals surface area (Å²) in [5.41, 5.74) is 4.53. The maximum Gasteiger partial charge on any atom is 0.278 e. The zero-order valence-corrected chi connectivity index (χ0v) is 14.5. The summed E-state index contributed by atoms with van der Waals surface area (Å²) in [5, 5.41) is 11.8. The summed E-state index contributed by atoms with van der Waals surface area (Å²) in [5.74, 6) is -0.0696. The first kappa shape index (κ1) is 17.4. The smallest absolute Gasteiger partial charge is 0.278 e. The van der Waals surface area contributed by atoms with Crippen LogP contribution in [0.3, 0.4) is 0 Å². The lowest BCUT2D eigenvalue weighted by Gasteiger charge is -2.15. The first-order valence-corrected chi connectivity index (χ1v) is 8.72. The Morgan fingerprint density at radius 1 is 1.33 bits per heavy atom. The van der Waals surface area contributed by atoms with Crippen LogP contribution in [-0.4, -0.2) is 33.6 Å². The lowest BCUT2D eigenvalue weighted by Crippen LogP contribution is -2.26. The van der Waals surface area contributed by atoms with Gasteiger partial charge in [-0.05, 0) is 48.6 Å². The number of hydrogen-bond donors (Lipinski definition) is 3. The van der Waals surface area contributed by atoms with Gasteiger partial charge in [0.05, 0.1) is 36.2 Å². The number of anilines is 2. The molecule has 2 aromatic heterocycles. The normalized spacial score (nSPS) is 13.7. The molecule has 0 saturated heterocycles. The Bertz CT molecular complexity index is 984. The molecule has 27 heavy (non-hydrogen) atoms. The second-order valence-corrected chi connectivity index (χ2v) is 6.43. The van der Waals surface area contributed by atoms with Crippen LogP contribution < -0.4 is 10.8 Å². The number of rotatable bonds is 7. The van der Waals surface area contributed by atoms with Crippen molar-refractivity contribution in [2.45, 2.75) is 18.8 Å². The molecule has 0 spiro atoms. The van der Waals surface area contributed by atoms with Crippen LogP contribution in [0.1, 0.15) is 34.7 Å². The summed E-state index contributed by atoms with van der Waals surface area (Å²) >= 11 is 0. The molecule has 2 heterocycles. The number of aliphatic hydroxyl groups is 1. The number of nitrogens with one attached hydrogen (secondary N) is 2. The molecule has 0 unspecified atom stereocenters. The molecule has 1 amide bonds. The van der Waals surface area contributed by atoms with Crippen molar-refractivity contribution >= 4 is 22.9 Å². The molecule has 140 valence electrons. The Morgan fingerprint density at radius 2 is 2.19 bits per heavy atom. The van der Waals surface area contributed by atoms with Gasteiger partial charge in [-0.2, -0.15) is 0 Å². The minimum absolute atomic E-state index is 0.0287. The highest BCUT2D eigenvalue weighted by Crippen LogP contribution is 2.41. The summed E-state index contributed by atoms with van der Waals surface area (Å²) in [7, 11) is 0. The Balaban J connectivity index is 1.67. The lowest BCUT2D eigenvalue weighted by molar-refractivity contribution is 0.0168. The number of benzene rings is 1. The van der Waals surface area contributed by atoms with Gasteiger partial charge in [0.2, 0.25) is 0 Å². The van der Waals surface area contributed by atoms with Crippen LogP contribution in [0, 0.1) is 5.82 Å². The van der Waals surface area contributed by atoms with Crippen molar-refractivity contribution < 1.29 is 19.1 Å². The topological polar surface area (TPSA) is 87.9 Å². The number of pyridine rings is 1. The van der Waals surface area contributed by atoms with E-state index in [0.29, 0.717) is 11.7 Å². The minimum Gasteiger partial charge on any atom is -0.394 e. The average molecular weight is 370 g/mol. The molecule has 1 aromatic carbocycles. The quantitative estimate of drug-likeness (QED) is 0.440. The number of hydroxylamine groups is 1. The maximum absolute atomic E-state index is 14.6. The van der Waals surface area contributed by atoms with Gasteiger partial charge in [0.1, 0.15) is 18.0 Å². The van der Waals surface area contributed by atoms with E-state index in [2.05, 4.69) is 15.8 Å². The molecule has 3 aromatic rings. The zero-order valence-electron chi connectivity index (χ0n) is 14.5. The second kappa shape index (κ2) is 7.34. The van der Waals surface area contributed by atoms with E-state index in [0.717, 1.165) is 23.9 Å². The summed E-state index contributed by atoms with van der Waals surface area (Å²) in [4.78, 5) is 21.4. The summed E-state index contributed by atoms with van der Waals surface area (Å²) < 4.78 is 16.3. The SMILES string of the molecule is O=C(NOCCO)c1ccc2cncn2c1Nc1ccc(C2CC2)cc1F. The number of nitrogens with zero attached hydrogens (tertiary/aromatic N) is 2. The third-order valence-electron chi connectivity index (χ3n) is 4.48. The first-order valence-electron chi connectivity index (χ1n) is 8.72. The van der Waals surface area contributed by atoms with Gasteiger partial charge < -0.3 is 10.4 Å². The molecule has 0 aliphatic heterocycles. The van der Waals surface area contributed by atoms with Crippen molar-refractivity contribution in [3.63, 3.8) is 0 Å². The molecule has 0 bridgehead atoms. The van der Waals surface area contributed by atoms with Crippen LogP contribution in [0.5, 0.6) is 0 Å². The zero-order chi connectivity index (χ0) is 18.8. The van der Waals surface area contributed by atoms with Gasteiger partial charge in [-0.15, -0.1) is 0 Å². The second-order valence-electron chi connectivity index (χ2n) is 6.43. The number of imidazole rings is 1. The first-order chi connectivity index (χ1) is 13.2. The Kier molecular flexibility index (Phi) is 4.74. The maximum atomic E-state index is 14.6. The Hall–Kier alpha value is -2.97. The Labute approximate surface area is 154 Å². The van der Waals surface area contributed by atoms with Gasteiger partial charge >= 0.3 is 0 Å². The van der Waals surface area contributed by atoms with Gasteiger partial charge in [-0.1, -0.05) is 6.07 Å². The van der Waals surface area contributed by atoms with Crippen molar-refractivity contribution in [3.8, 4) is 0 Å². The van der Waals surface area contributed by atoms with E-state index in [-0.39, 0.29) is 30.3 Å². The number of hydrogen-bond acceptors (Lipinski definition) is 5. The molecule has 1 saturated carbocycles. The van der Waals surface area contributed by atoms with Crippen LogP contribution >= 0.6 is 0 Å². The van der Waals surface area contributed by atoms with E-state index in [1.165, 1.54) is 6.07 Å². The third kappa shape index (κ3) is 3.62.